The van der Waals surface area contributed by atoms with E-state index in [1.54, 1.807) is 23.1 Å². The molecule has 1 fully saturated rings. The fourth-order valence-electron chi connectivity index (χ4n) is 4.98. The number of halogens is 1. The molecule has 2 aliphatic rings. The zero-order valence-electron chi connectivity index (χ0n) is 20.3. The van der Waals surface area contributed by atoms with E-state index in [0.29, 0.717) is 49.4 Å². The Morgan fingerprint density at radius 1 is 0.892 bits per heavy atom. The quantitative estimate of drug-likeness (QED) is 0.537. The topological polar surface area (TPSA) is 86.8 Å². The molecule has 2 aliphatic heterocycles. The maximum absolute atomic E-state index is 13.5. The molecule has 2 amide bonds. The molecular formula is C28H28FN3O4S. The molecule has 7 nitrogen and oxygen atoms in total. The zero-order chi connectivity index (χ0) is 26.0. The van der Waals surface area contributed by atoms with Crippen molar-refractivity contribution < 1.29 is 22.4 Å². The van der Waals surface area contributed by atoms with Gasteiger partial charge in [0.1, 0.15) is 5.82 Å². The second kappa shape index (κ2) is 10.3. The molecule has 5 rings (SSSR count). The standard InChI is InChI=1S/C28H28FN3O4S/c29-23-8-3-6-22(19-23)28(34)31-17-14-21(15-18-31)27(33)30-24-10-12-25(13-11-24)37(35,36)32-16-4-7-20-5-1-2-9-26(20)32/h1-3,5-6,8-13,19,21H,4,7,14-18H2,(H,30,33). The third-order valence-corrected chi connectivity index (χ3v) is 8.83. The lowest BCUT2D eigenvalue weighted by molar-refractivity contribution is -0.121. The number of hydrogen-bond acceptors (Lipinski definition) is 4. The van der Waals surface area contributed by atoms with Gasteiger partial charge in [-0.3, -0.25) is 13.9 Å². The van der Waals surface area contributed by atoms with Gasteiger partial charge in [0.15, 0.2) is 0 Å². The van der Waals surface area contributed by atoms with Gasteiger partial charge in [-0.15, -0.1) is 0 Å². The monoisotopic (exact) mass is 521 g/mol. The normalized spacial score (nSPS) is 16.2. The number of para-hydroxylation sites is 1. The van der Waals surface area contributed by atoms with Crippen LogP contribution in [-0.4, -0.2) is 44.8 Å². The van der Waals surface area contributed by atoms with Crippen molar-refractivity contribution in [2.75, 3.05) is 29.3 Å². The Bertz CT molecular complexity index is 1420. The summed E-state index contributed by atoms with van der Waals surface area (Å²) >= 11 is 0. The Kier molecular flexibility index (Phi) is 6.97. The Hall–Kier alpha value is -3.72. The number of rotatable bonds is 5. The van der Waals surface area contributed by atoms with Gasteiger partial charge in [0, 0.05) is 36.8 Å². The molecule has 2 heterocycles. The highest BCUT2D eigenvalue weighted by Gasteiger charge is 2.30. The molecule has 0 aliphatic carbocycles. The van der Waals surface area contributed by atoms with E-state index in [2.05, 4.69) is 5.32 Å². The van der Waals surface area contributed by atoms with Crippen molar-refractivity contribution in [1.82, 2.24) is 4.90 Å². The van der Waals surface area contributed by atoms with Gasteiger partial charge in [-0.25, -0.2) is 12.8 Å². The molecule has 37 heavy (non-hydrogen) atoms. The van der Waals surface area contributed by atoms with E-state index in [1.165, 1.54) is 34.6 Å². The highest BCUT2D eigenvalue weighted by Crippen LogP contribution is 2.32. The highest BCUT2D eigenvalue weighted by atomic mass is 32.2. The first kappa shape index (κ1) is 25.0. The minimum absolute atomic E-state index is 0.168. The first-order valence-corrected chi connectivity index (χ1v) is 13.8. The van der Waals surface area contributed by atoms with Crippen LogP contribution in [-0.2, 0) is 21.2 Å². The van der Waals surface area contributed by atoms with E-state index in [1.807, 2.05) is 24.3 Å². The number of nitrogens with one attached hydrogen (secondary N) is 1. The van der Waals surface area contributed by atoms with Gasteiger partial charge < -0.3 is 10.2 Å². The summed E-state index contributed by atoms with van der Waals surface area (Å²) in [5.41, 5.74) is 2.55. The molecule has 0 atom stereocenters. The minimum atomic E-state index is -3.72. The van der Waals surface area contributed by atoms with E-state index in [0.717, 1.165) is 18.4 Å². The van der Waals surface area contributed by atoms with Crippen LogP contribution >= 0.6 is 0 Å². The number of piperidine rings is 1. The number of fused-ring (bicyclic) bond motifs is 1. The van der Waals surface area contributed by atoms with Crippen LogP contribution in [0, 0.1) is 11.7 Å². The summed E-state index contributed by atoms with van der Waals surface area (Å²) in [5.74, 6) is -1.14. The van der Waals surface area contributed by atoms with E-state index in [4.69, 9.17) is 0 Å². The second-order valence-corrected chi connectivity index (χ2v) is 11.3. The first-order chi connectivity index (χ1) is 17.8. The molecule has 1 N–H and O–H groups in total. The third-order valence-electron chi connectivity index (χ3n) is 7.00. The van der Waals surface area contributed by atoms with Crippen molar-refractivity contribution in [1.29, 1.82) is 0 Å². The van der Waals surface area contributed by atoms with Crippen molar-refractivity contribution >= 4 is 33.2 Å². The van der Waals surface area contributed by atoms with Crippen molar-refractivity contribution in [3.63, 3.8) is 0 Å². The van der Waals surface area contributed by atoms with Gasteiger partial charge in [-0.05, 0) is 79.8 Å². The molecule has 9 heteroatoms. The zero-order valence-corrected chi connectivity index (χ0v) is 21.1. The van der Waals surface area contributed by atoms with Crippen molar-refractivity contribution in [2.45, 2.75) is 30.6 Å². The van der Waals surface area contributed by atoms with Crippen molar-refractivity contribution in [2.24, 2.45) is 5.92 Å². The number of nitrogens with zero attached hydrogens (tertiary/aromatic N) is 2. The number of benzene rings is 3. The SMILES string of the molecule is O=C(Nc1ccc(S(=O)(=O)N2CCCc3ccccc32)cc1)C1CCN(C(=O)c2cccc(F)c2)CC1. The number of likely N-dealkylation sites (tertiary alicyclic amines) is 1. The smallest absolute Gasteiger partial charge is 0.264 e. The number of aryl methyl sites for hydroxylation is 1. The van der Waals surface area contributed by atoms with Gasteiger partial charge in [0.25, 0.3) is 15.9 Å². The summed E-state index contributed by atoms with van der Waals surface area (Å²) in [5, 5.41) is 2.87. The van der Waals surface area contributed by atoms with Crippen molar-refractivity contribution in [3.8, 4) is 0 Å². The van der Waals surface area contributed by atoms with Gasteiger partial charge in [-0.2, -0.15) is 0 Å². The molecule has 192 valence electrons. The predicted molar refractivity (Wildman–Crippen MR) is 139 cm³/mol. The van der Waals surface area contributed by atoms with Crippen LogP contribution < -0.4 is 9.62 Å². The Balaban J connectivity index is 1.20. The molecule has 0 unspecified atom stereocenters. The molecule has 0 aromatic heterocycles. The van der Waals surface area contributed by atoms with Crippen LogP contribution in [0.5, 0.6) is 0 Å². The average Bonchev–Trinajstić information content (AvgIpc) is 2.92. The Morgan fingerprint density at radius 2 is 1.62 bits per heavy atom. The van der Waals surface area contributed by atoms with Gasteiger partial charge in [-0.1, -0.05) is 24.3 Å². The fraction of sp³-hybridized carbons (Fsp3) is 0.286. The second-order valence-electron chi connectivity index (χ2n) is 9.40. The van der Waals surface area contributed by atoms with Gasteiger partial charge >= 0.3 is 0 Å². The Morgan fingerprint density at radius 3 is 2.35 bits per heavy atom. The molecule has 1 saturated heterocycles. The first-order valence-electron chi connectivity index (χ1n) is 12.4. The number of carbonyl (C=O) groups is 2. The molecule has 3 aromatic carbocycles. The fourth-order valence-corrected chi connectivity index (χ4v) is 6.52. The molecular weight excluding hydrogens is 493 g/mol. The minimum Gasteiger partial charge on any atom is -0.339 e. The molecule has 0 radical (unpaired) electrons. The van der Waals surface area contributed by atoms with Gasteiger partial charge in [0.2, 0.25) is 5.91 Å². The lowest BCUT2D eigenvalue weighted by Crippen LogP contribution is -2.41. The van der Waals surface area contributed by atoms with Crippen LogP contribution in [0.15, 0.2) is 77.7 Å². The summed E-state index contributed by atoms with van der Waals surface area (Å²) < 4.78 is 41.6. The predicted octanol–water partition coefficient (Wildman–Crippen LogP) is 4.46. The van der Waals surface area contributed by atoms with Crippen LogP contribution in [0.2, 0.25) is 0 Å². The Labute approximate surface area is 216 Å². The number of anilines is 2. The lowest BCUT2D eigenvalue weighted by atomic mass is 9.95. The van der Waals surface area contributed by atoms with Crippen LogP contribution in [0.4, 0.5) is 15.8 Å². The number of amides is 2. The van der Waals surface area contributed by atoms with Crippen LogP contribution in [0.3, 0.4) is 0 Å². The van der Waals surface area contributed by atoms with E-state index in [9.17, 15) is 22.4 Å². The molecule has 0 bridgehead atoms. The largest absolute Gasteiger partial charge is 0.339 e. The van der Waals surface area contributed by atoms with E-state index in [-0.39, 0.29) is 22.6 Å². The molecule has 0 saturated carbocycles. The maximum atomic E-state index is 13.5. The summed E-state index contributed by atoms with van der Waals surface area (Å²) in [6.07, 6.45) is 2.60. The summed E-state index contributed by atoms with van der Waals surface area (Å²) in [4.78, 5) is 27.3. The number of carbonyl (C=O) groups excluding carboxylic acids is 2. The van der Waals surface area contributed by atoms with Crippen LogP contribution in [0.1, 0.15) is 35.2 Å². The molecule has 0 spiro atoms. The van der Waals surface area contributed by atoms with Crippen LogP contribution in [0.25, 0.3) is 0 Å². The number of hydrogen-bond donors (Lipinski definition) is 1. The summed E-state index contributed by atoms with van der Waals surface area (Å²) in [6, 6.07) is 19.4. The summed E-state index contributed by atoms with van der Waals surface area (Å²) in [6.45, 7) is 1.24. The van der Waals surface area contributed by atoms with Gasteiger partial charge in [0.05, 0.1) is 10.6 Å². The van der Waals surface area contributed by atoms with E-state index < -0.39 is 15.8 Å². The average molecular weight is 522 g/mol. The summed E-state index contributed by atoms with van der Waals surface area (Å²) in [7, 11) is -3.72. The maximum Gasteiger partial charge on any atom is 0.264 e. The van der Waals surface area contributed by atoms with Crippen molar-refractivity contribution in [3.05, 3.63) is 89.7 Å². The van der Waals surface area contributed by atoms with E-state index >= 15 is 0 Å². The third kappa shape index (κ3) is 5.22. The molecule has 3 aromatic rings. The number of sulfonamides is 1. The lowest BCUT2D eigenvalue weighted by Gasteiger charge is -2.31. The highest BCUT2D eigenvalue weighted by molar-refractivity contribution is 7.92.